The highest BCUT2D eigenvalue weighted by molar-refractivity contribution is 5.69. The van der Waals surface area contributed by atoms with Crippen molar-refractivity contribution in [1.29, 1.82) is 0 Å². The first-order valence-electron chi connectivity index (χ1n) is 5.64. The molecule has 8 nitrogen and oxygen atoms in total. The molecule has 0 radical (unpaired) electrons. The Bertz CT molecular complexity index is 195. The first-order chi connectivity index (χ1) is 8.74. The first kappa shape index (κ1) is 17.2. The Hall–Kier alpha value is -0.770. The van der Waals surface area contributed by atoms with Crippen LogP contribution in [0.3, 0.4) is 0 Å². The molecule has 0 unspecified atom stereocenters. The average molecular weight is 267 g/mol. The number of carbonyl (C=O) groups is 1. The molecule has 0 aliphatic carbocycles. The molecule has 108 valence electrons. The molecular weight excluding hydrogens is 246 g/mol. The Morgan fingerprint density at radius 3 is 2.11 bits per heavy atom. The zero-order valence-electron chi connectivity index (χ0n) is 10.5. The molecule has 0 heterocycles. The molecule has 0 saturated carbocycles. The quantitative estimate of drug-likeness (QED) is 0.218. The fourth-order valence-electron chi connectivity index (χ4n) is 1.24. The molecule has 0 aromatic carbocycles. The molecule has 0 spiro atoms. The third kappa shape index (κ3) is 10.4. The summed E-state index contributed by atoms with van der Waals surface area (Å²) in [5.41, 5.74) is 0. The maximum Gasteiger partial charge on any atom is 0.307 e. The van der Waals surface area contributed by atoms with E-state index in [2.05, 4.69) is 9.78 Å². The van der Waals surface area contributed by atoms with Gasteiger partial charge in [-0.05, 0) is 0 Å². The van der Waals surface area contributed by atoms with Gasteiger partial charge in [0, 0.05) is 26.7 Å². The van der Waals surface area contributed by atoms with E-state index in [4.69, 9.17) is 20.0 Å². The van der Waals surface area contributed by atoms with E-state index in [1.54, 1.807) is 4.90 Å². The number of carbonyl (C=O) groups excluding carboxylic acids is 1. The highest BCUT2D eigenvalue weighted by Gasteiger charge is 2.09. The molecule has 0 amide bonds. The lowest BCUT2D eigenvalue weighted by molar-refractivity contribution is -0.251. The number of methoxy groups -OCH3 is 1. The van der Waals surface area contributed by atoms with Crippen LogP contribution in [0.2, 0.25) is 0 Å². The summed E-state index contributed by atoms with van der Waals surface area (Å²) < 4.78 is 9.64. The maximum absolute atomic E-state index is 11.3. The summed E-state index contributed by atoms with van der Waals surface area (Å²) in [5.74, 6) is -0.327. The van der Waals surface area contributed by atoms with E-state index in [0.29, 0.717) is 26.2 Å². The van der Waals surface area contributed by atoms with Gasteiger partial charge < -0.3 is 9.47 Å². The fourth-order valence-corrected chi connectivity index (χ4v) is 1.24. The molecule has 0 aliphatic heterocycles. The van der Waals surface area contributed by atoms with Crippen LogP contribution >= 0.6 is 0 Å². The summed E-state index contributed by atoms with van der Waals surface area (Å²) >= 11 is 0. The zero-order chi connectivity index (χ0) is 13.6. The molecule has 18 heavy (non-hydrogen) atoms. The Balaban J connectivity index is 3.74. The molecule has 0 rings (SSSR count). The normalized spacial score (nSPS) is 10.9. The molecule has 0 bridgehead atoms. The SMILES string of the molecule is COCCOC(=O)CCN(CCOO)CCOO. The van der Waals surface area contributed by atoms with Crippen molar-refractivity contribution < 1.29 is 34.6 Å². The van der Waals surface area contributed by atoms with Crippen molar-refractivity contribution >= 4 is 5.97 Å². The van der Waals surface area contributed by atoms with E-state index in [0.717, 1.165) is 0 Å². The zero-order valence-corrected chi connectivity index (χ0v) is 10.5. The molecule has 8 heteroatoms. The third-order valence-corrected chi connectivity index (χ3v) is 2.18. The second kappa shape index (κ2) is 12.7. The van der Waals surface area contributed by atoms with Crippen LogP contribution in [0, 0.1) is 0 Å². The largest absolute Gasteiger partial charge is 0.463 e. The number of rotatable bonds is 12. The van der Waals surface area contributed by atoms with Gasteiger partial charge in [0.25, 0.3) is 0 Å². The predicted octanol–water partition coefficient (Wildman–Crippen LogP) is -0.153. The summed E-state index contributed by atoms with van der Waals surface area (Å²) in [4.78, 5) is 21.0. The van der Waals surface area contributed by atoms with Crippen molar-refractivity contribution in [1.82, 2.24) is 4.90 Å². The summed E-state index contributed by atoms with van der Waals surface area (Å²) in [6.07, 6.45) is 0.209. The fraction of sp³-hybridized carbons (Fsp3) is 0.900. The van der Waals surface area contributed by atoms with Crippen LogP contribution in [0.4, 0.5) is 0 Å². The molecule has 0 atom stereocenters. The van der Waals surface area contributed by atoms with E-state index in [1.165, 1.54) is 7.11 Å². The van der Waals surface area contributed by atoms with Gasteiger partial charge in [-0.3, -0.25) is 20.2 Å². The second-order valence-corrected chi connectivity index (χ2v) is 3.47. The van der Waals surface area contributed by atoms with Crippen molar-refractivity contribution in [3.8, 4) is 0 Å². The van der Waals surface area contributed by atoms with Crippen LogP contribution in [0.5, 0.6) is 0 Å². The van der Waals surface area contributed by atoms with Gasteiger partial charge in [0.2, 0.25) is 0 Å². The number of hydrogen-bond acceptors (Lipinski definition) is 8. The highest BCUT2D eigenvalue weighted by atomic mass is 17.1. The van der Waals surface area contributed by atoms with Crippen molar-refractivity contribution in [2.45, 2.75) is 6.42 Å². The predicted molar refractivity (Wildman–Crippen MR) is 61.1 cm³/mol. The van der Waals surface area contributed by atoms with E-state index in [-0.39, 0.29) is 32.2 Å². The van der Waals surface area contributed by atoms with E-state index in [1.807, 2.05) is 0 Å². The monoisotopic (exact) mass is 267 g/mol. The smallest absolute Gasteiger partial charge is 0.307 e. The van der Waals surface area contributed by atoms with Gasteiger partial charge in [0.15, 0.2) is 0 Å². The molecule has 0 aromatic heterocycles. The van der Waals surface area contributed by atoms with Crippen molar-refractivity contribution in [2.75, 3.05) is 53.2 Å². The number of ether oxygens (including phenoxy) is 2. The maximum atomic E-state index is 11.3. The lowest BCUT2D eigenvalue weighted by Crippen LogP contribution is -2.33. The summed E-state index contributed by atoms with van der Waals surface area (Å²) in [7, 11) is 1.53. The van der Waals surface area contributed by atoms with Gasteiger partial charge in [-0.15, -0.1) is 0 Å². The lowest BCUT2D eigenvalue weighted by Gasteiger charge is -2.20. The minimum atomic E-state index is -0.327. The lowest BCUT2D eigenvalue weighted by atomic mass is 10.3. The summed E-state index contributed by atoms with van der Waals surface area (Å²) in [6, 6.07) is 0. The van der Waals surface area contributed by atoms with Crippen LogP contribution in [-0.4, -0.2) is 74.6 Å². The number of esters is 1. The Morgan fingerprint density at radius 2 is 1.61 bits per heavy atom. The van der Waals surface area contributed by atoms with Crippen LogP contribution in [0.1, 0.15) is 6.42 Å². The van der Waals surface area contributed by atoms with E-state index < -0.39 is 0 Å². The van der Waals surface area contributed by atoms with E-state index in [9.17, 15) is 4.79 Å². The summed E-state index contributed by atoms with van der Waals surface area (Å²) in [6.45, 7) is 2.10. The molecular formula is C10H21NO7. The van der Waals surface area contributed by atoms with Gasteiger partial charge in [0.1, 0.15) is 6.61 Å². The van der Waals surface area contributed by atoms with Crippen LogP contribution in [0.25, 0.3) is 0 Å². The van der Waals surface area contributed by atoms with Crippen molar-refractivity contribution in [3.05, 3.63) is 0 Å². The Morgan fingerprint density at radius 1 is 1.00 bits per heavy atom. The standard InChI is InChI=1S/C10H21NO7/c1-15-8-9-16-10(12)2-3-11(4-6-17-13)5-7-18-14/h13-14H,2-9H2,1H3. The van der Waals surface area contributed by atoms with Gasteiger partial charge in [-0.2, -0.15) is 0 Å². The van der Waals surface area contributed by atoms with Gasteiger partial charge in [-0.1, -0.05) is 0 Å². The Kier molecular flexibility index (Phi) is 12.1. The topological polar surface area (TPSA) is 97.7 Å². The van der Waals surface area contributed by atoms with Gasteiger partial charge in [-0.25, -0.2) is 9.78 Å². The van der Waals surface area contributed by atoms with Crippen LogP contribution in [-0.2, 0) is 24.0 Å². The molecule has 2 N–H and O–H groups in total. The number of nitrogens with zero attached hydrogens (tertiary/aromatic N) is 1. The average Bonchev–Trinajstić information content (AvgIpc) is 2.38. The number of hydrogen-bond donors (Lipinski definition) is 2. The Labute approximate surface area is 106 Å². The molecule has 0 fully saturated rings. The molecule has 0 aliphatic rings. The molecule has 0 aromatic rings. The van der Waals surface area contributed by atoms with Gasteiger partial charge in [0.05, 0.1) is 26.2 Å². The minimum Gasteiger partial charge on any atom is -0.463 e. The summed E-state index contributed by atoms with van der Waals surface area (Å²) in [5, 5.41) is 16.5. The molecule has 0 saturated heterocycles. The van der Waals surface area contributed by atoms with Gasteiger partial charge >= 0.3 is 5.97 Å². The second-order valence-electron chi connectivity index (χ2n) is 3.47. The highest BCUT2D eigenvalue weighted by Crippen LogP contribution is 1.95. The first-order valence-corrected chi connectivity index (χ1v) is 5.64. The minimum absolute atomic E-state index is 0.115. The third-order valence-electron chi connectivity index (χ3n) is 2.18. The van der Waals surface area contributed by atoms with Crippen molar-refractivity contribution in [2.24, 2.45) is 0 Å². The van der Waals surface area contributed by atoms with Crippen LogP contribution < -0.4 is 0 Å². The van der Waals surface area contributed by atoms with E-state index >= 15 is 0 Å². The van der Waals surface area contributed by atoms with Crippen LogP contribution in [0.15, 0.2) is 0 Å². The van der Waals surface area contributed by atoms with Crippen molar-refractivity contribution in [3.63, 3.8) is 0 Å².